The fourth-order valence-electron chi connectivity index (χ4n) is 2.95. The zero-order chi connectivity index (χ0) is 17.8. The highest BCUT2D eigenvalue weighted by molar-refractivity contribution is 8.00. The molecule has 0 radical (unpaired) electrons. The van der Waals surface area contributed by atoms with Gasteiger partial charge in [-0.3, -0.25) is 9.59 Å². The Bertz CT molecular complexity index is 804. The summed E-state index contributed by atoms with van der Waals surface area (Å²) in [6.07, 6.45) is 4.62. The number of carbonyl (C=O) groups excluding carboxylic acids is 2. The molecular weight excluding hydrogens is 356 g/mol. The lowest BCUT2D eigenvalue weighted by molar-refractivity contribution is -0.124. The van der Waals surface area contributed by atoms with Crippen molar-refractivity contribution in [3.8, 4) is 0 Å². The third kappa shape index (κ3) is 4.30. The molecular formula is C17H22N4O2S2. The Balaban J connectivity index is 1.72. The minimum atomic E-state index is -0.173. The lowest BCUT2D eigenvalue weighted by Gasteiger charge is -2.11. The van der Waals surface area contributed by atoms with Crippen LogP contribution in [0.3, 0.4) is 0 Å². The molecule has 3 rings (SSSR count). The zero-order valence-corrected chi connectivity index (χ0v) is 16.1. The predicted molar refractivity (Wildman–Crippen MR) is 101 cm³/mol. The van der Waals surface area contributed by atoms with Gasteiger partial charge in [0.25, 0.3) is 0 Å². The van der Waals surface area contributed by atoms with Crippen LogP contribution in [0, 0.1) is 6.92 Å². The van der Waals surface area contributed by atoms with Gasteiger partial charge in [0.1, 0.15) is 15.7 Å². The van der Waals surface area contributed by atoms with Crippen LogP contribution >= 0.6 is 23.1 Å². The quantitative estimate of drug-likeness (QED) is 0.595. The average molecular weight is 379 g/mol. The lowest BCUT2D eigenvalue weighted by Crippen LogP contribution is -2.37. The van der Waals surface area contributed by atoms with Gasteiger partial charge in [-0.05, 0) is 45.1 Å². The Hall–Kier alpha value is -1.67. The predicted octanol–water partition coefficient (Wildman–Crippen LogP) is 2.22. The summed E-state index contributed by atoms with van der Waals surface area (Å²) in [6.45, 7) is 4.31. The van der Waals surface area contributed by atoms with Crippen LogP contribution in [0.1, 0.15) is 36.0 Å². The number of fused-ring (bicyclic) bond motifs is 3. The first kappa shape index (κ1) is 18.1. The Kier molecular flexibility index (Phi) is 5.90. The fraction of sp³-hybridized carbons (Fsp3) is 0.529. The minimum absolute atomic E-state index is 0.0132. The number of thioether (sulfide) groups is 1. The maximum absolute atomic E-state index is 12.0. The van der Waals surface area contributed by atoms with E-state index in [0.717, 1.165) is 33.9 Å². The van der Waals surface area contributed by atoms with E-state index in [2.05, 4.69) is 20.6 Å². The Labute approximate surface area is 155 Å². The van der Waals surface area contributed by atoms with Crippen LogP contribution < -0.4 is 10.6 Å². The van der Waals surface area contributed by atoms with E-state index in [1.165, 1.54) is 35.0 Å². The van der Waals surface area contributed by atoms with Crippen LogP contribution in [0.15, 0.2) is 5.03 Å². The summed E-state index contributed by atoms with van der Waals surface area (Å²) >= 11 is 3.19. The van der Waals surface area contributed by atoms with Crippen molar-refractivity contribution in [3.63, 3.8) is 0 Å². The van der Waals surface area contributed by atoms with Crippen LogP contribution in [0.25, 0.3) is 10.2 Å². The van der Waals surface area contributed by atoms with E-state index < -0.39 is 0 Å². The summed E-state index contributed by atoms with van der Waals surface area (Å²) in [7, 11) is 0. The van der Waals surface area contributed by atoms with E-state index >= 15 is 0 Å². The number of nitrogens with one attached hydrogen (secondary N) is 2. The van der Waals surface area contributed by atoms with E-state index in [-0.39, 0.29) is 24.1 Å². The molecule has 1 aliphatic carbocycles. The van der Waals surface area contributed by atoms with Gasteiger partial charge < -0.3 is 10.6 Å². The number of likely N-dealkylation sites (N-methyl/N-ethyl adjacent to an activating group) is 1. The normalized spacial score (nSPS) is 13.5. The largest absolute Gasteiger partial charge is 0.355 e. The molecule has 0 unspecified atom stereocenters. The van der Waals surface area contributed by atoms with Crippen molar-refractivity contribution in [1.29, 1.82) is 0 Å². The van der Waals surface area contributed by atoms with Gasteiger partial charge in [0.05, 0.1) is 12.3 Å². The van der Waals surface area contributed by atoms with Crippen LogP contribution in [0.4, 0.5) is 0 Å². The zero-order valence-electron chi connectivity index (χ0n) is 14.5. The van der Waals surface area contributed by atoms with E-state index in [0.29, 0.717) is 6.54 Å². The number of amides is 2. The number of rotatable bonds is 6. The molecule has 25 heavy (non-hydrogen) atoms. The lowest BCUT2D eigenvalue weighted by atomic mass is 9.97. The van der Waals surface area contributed by atoms with Crippen molar-refractivity contribution in [2.75, 3.05) is 18.8 Å². The topological polar surface area (TPSA) is 84.0 Å². The summed E-state index contributed by atoms with van der Waals surface area (Å²) in [6, 6.07) is 0. The highest BCUT2D eigenvalue weighted by atomic mass is 32.2. The summed E-state index contributed by atoms with van der Waals surface area (Å²) in [5.41, 5.74) is 1.37. The van der Waals surface area contributed by atoms with Gasteiger partial charge >= 0.3 is 0 Å². The maximum atomic E-state index is 12.0. The molecule has 6 nitrogen and oxygen atoms in total. The van der Waals surface area contributed by atoms with Crippen molar-refractivity contribution in [1.82, 2.24) is 20.6 Å². The average Bonchev–Trinajstić information content (AvgIpc) is 2.96. The van der Waals surface area contributed by atoms with Crippen LogP contribution in [0.2, 0.25) is 0 Å². The molecule has 8 heteroatoms. The van der Waals surface area contributed by atoms with E-state index in [1.807, 2.05) is 13.8 Å². The molecule has 0 aromatic carbocycles. The third-order valence-electron chi connectivity index (χ3n) is 4.05. The maximum Gasteiger partial charge on any atom is 0.239 e. The number of nitrogens with zero attached hydrogens (tertiary/aromatic N) is 2. The van der Waals surface area contributed by atoms with E-state index in [1.54, 1.807) is 11.3 Å². The molecule has 0 saturated heterocycles. The van der Waals surface area contributed by atoms with Crippen molar-refractivity contribution in [2.45, 2.75) is 44.6 Å². The minimum Gasteiger partial charge on any atom is -0.355 e. The molecule has 1 aliphatic rings. The second kappa shape index (κ2) is 8.14. The van der Waals surface area contributed by atoms with Gasteiger partial charge in [0, 0.05) is 16.8 Å². The molecule has 0 saturated carbocycles. The van der Waals surface area contributed by atoms with Gasteiger partial charge in [0.15, 0.2) is 0 Å². The standard InChI is InChI=1S/C17H22N4O2S2/c1-3-18-13(22)8-19-14(23)9-24-16-15-11-6-4-5-7-12(11)25-17(15)21-10(2)20-16/h3-9H2,1-2H3,(H,18,22)(H,19,23). The first-order valence-electron chi connectivity index (χ1n) is 8.53. The van der Waals surface area contributed by atoms with Gasteiger partial charge in [-0.2, -0.15) is 0 Å². The smallest absolute Gasteiger partial charge is 0.239 e. The second-order valence-corrected chi connectivity index (χ2v) is 8.03. The summed E-state index contributed by atoms with van der Waals surface area (Å²) in [4.78, 5) is 35.1. The summed E-state index contributed by atoms with van der Waals surface area (Å²) in [5, 5.41) is 7.32. The van der Waals surface area contributed by atoms with Crippen molar-refractivity contribution < 1.29 is 9.59 Å². The number of carbonyl (C=O) groups is 2. The van der Waals surface area contributed by atoms with Crippen molar-refractivity contribution >= 4 is 45.1 Å². The number of hydrogen-bond donors (Lipinski definition) is 2. The molecule has 0 aliphatic heterocycles. The number of aromatic nitrogens is 2. The summed E-state index contributed by atoms with van der Waals surface area (Å²) in [5.74, 6) is 0.643. The number of aryl methyl sites for hydroxylation is 3. The molecule has 2 amide bonds. The third-order valence-corrected chi connectivity index (χ3v) is 6.21. The van der Waals surface area contributed by atoms with Gasteiger partial charge in [-0.15, -0.1) is 11.3 Å². The van der Waals surface area contributed by atoms with Crippen molar-refractivity contribution in [3.05, 3.63) is 16.3 Å². The van der Waals surface area contributed by atoms with E-state index in [4.69, 9.17) is 0 Å². The highest BCUT2D eigenvalue weighted by Crippen LogP contribution is 2.39. The molecule has 2 heterocycles. The van der Waals surface area contributed by atoms with Gasteiger partial charge in [0.2, 0.25) is 11.8 Å². The molecule has 2 aromatic rings. The first-order chi connectivity index (χ1) is 12.1. The van der Waals surface area contributed by atoms with Gasteiger partial charge in [-0.25, -0.2) is 9.97 Å². The number of thiophene rings is 1. The van der Waals surface area contributed by atoms with Crippen molar-refractivity contribution in [2.24, 2.45) is 0 Å². The summed E-state index contributed by atoms with van der Waals surface area (Å²) < 4.78 is 0. The van der Waals surface area contributed by atoms with Crippen LogP contribution in [-0.2, 0) is 22.4 Å². The highest BCUT2D eigenvalue weighted by Gasteiger charge is 2.21. The van der Waals surface area contributed by atoms with E-state index in [9.17, 15) is 9.59 Å². The molecule has 0 spiro atoms. The molecule has 0 fully saturated rings. The Morgan fingerprint density at radius 3 is 2.76 bits per heavy atom. The van der Waals surface area contributed by atoms with Crippen LogP contribution in [-0.4, -0.2) is 40.6 Å². The Morgan fingerprint density at radius 1 is 1.16 bits per heavy atom. The van der Waals surface area contributed by atoms with Crippen LogP contribution in [0.5, 0.6) is 0 Å². The molecule has 0 atom stereocenters. The second-order valence-electron chi connectivity index (χ2n) is 5.99. The number of hydrogen-bond acceptors (Lipinski definition) is 6. The fourth-order valence-corrected chi connectivity index (χ4v) is 5.26. The Morgan fingerprint density at radius 2 is 1.96 bits per heavy atom. The molecule has 0 bridgehead atoms. The SMILES string of the molecule is CCNC(=O)CNC(=O)CSc1nc(C)nc2sc3c(c12)CCCC3. The first-order valence-corrected chi connectivity index (χ1v) is 10.3. The van der Waals surface area contributed by atoms with Gasteiger partial charge in [-0.1, -0.05) is 11.8 Å². The molecule has 134 valence electrons. The monoisotopic (exact) mass is 378 g/mol. The molecule has 2 N–H and O–H groups in total. The molecule has 2 aromatic heterocycles.